The summed E-state index contributed by atoms with van der Waals surface area (Å²) >= 11 is 11.6. The van der Waals surface area contributed by atoms with E-state index in [1.165, 1.54) is 0 Å². The summed E-state index contributed by atoms with van der Waals surface area (Å²) in [6.07, 6.45) is 0.688. The summed E-state index contributed by atoms with van der Waals surface area (Å²) in [5, 5.41) is 0.670. The number of ether oxygens (including phenoxy) is 1. The van der Waals surface area contributed by atoms with E-state index >= 15 is 0 Å². The normalized spacial score (nSPS) is 9.77. The number of hydrogen-bond acceptors (Lipinski definition) is 2. The zero-order valence-corrected chi connectivity index (χ0v) is 8.52. The molecule has 0 aliphatic rings. The molecule has 4 heteroatoms. The van der Waals surface area contributed by atoms with Gasteiger partial charge in [0.2, 0.25) is 0 Å². The molecule has 1 aromatic rings. The third kappa shape index (κ3) is 2.14. The summed E-state index contributed by atoms with van der Waals surface area (Å²) in [4.78, 5) is 10.6. The van der Waals surface area contributed by atoms with Crippen molar-refractivity contribution in [1.29, 1.82) is 0 Å². The van der Waals surface area contributed by atoms with Gasteiger partial charge in [0.15, 0.2) is 6.29 Å². The Kier molecular flexibility index (Phi) is 3.58. The molecule has 0 bridgehead atoms. The molecule has 0 saturated carbocycles. The second-order valence-electron chi connectivity index (χ2n) is 2.33. The van der Waals surface area contributed by atoms with E-state index in [0.717, 1.165) is 0 Å². The van der Waals surface area contributed by atoms with Gasteiger partial charge in [-0.05, 0) is 19.1 Å². The van der Waals surface area contributed by atoms with Crippen LogP contribution in [0.3, 0.4) is 0 Å². The SMILES string of the molecule is CCOc1c(C=O)ccc(Cl)c1Cl. The third-order valence-electron chi connectivity index (χ3n) is 1.50. The number of halogens is 2. The highest BCUT2D eigenvalue weighted by atomic mass is 35.5. The summed E-state index contributed by atoms with van der Waals surface area (Å²) in [5.41, 5.74) is 0.413. The molecule has 0 amide bonds. The van der Waals surface area contributed by atoms with E-state index in [-0.39, 0.29) is 5.02 Å². The van der Waals surface area contributed by atoms with Gasteiger partial charge in [0.1, 0.15) is 10.8 Å². The summed E-state index contributed by atoms with van der Waals surface area (Å²) in [6.45, 7) is 2.26. The van der Waals surface area contributed by atoms with Gasteiger partial charge in [-0.1, -0.05) is 23.2 Å². The number of carbonyl (C=O) groups is 1. The molecule has 1 rings (SSSR count). The molecule has 0 spiro atoms. The molecule has 0 aliphatic carbocycles. The molecule has 0 heterocycles. The maximum Gasteiger partial charge on any atom is 0.153 e. The minimum absolute atomic E-state index is 0.285. The Morgan fingerprint density at radius 1 is 1.46 bits per heavy atom. The van der Waals surface area contributed by atoms with E-state index in [4.69, 9.17) is 27.9 Å². The Morgan fingerprint density at radius 3 is 2.69 bits per heavy atom. The van der Waals surface area contributed by atoms with Crippen molar-refractivity contribution < 1.29 is 9.53 Å². The molecule has 0 atom stereocenters. The molecule has 1 aromatic carbocycles. The molecule has 13 heavy (non-hydrogen) atoms. The van der Waals surface area contributed by atoms with Crippen LogP contribution in [0.5, 0.6) is 5.75 Å². The van der Waals surface area contributed by atoms with Crippen LogP contribution in [-0.4, -0.2) is 12.9 Å². The first-order valence-electron chi connectivity index (χ1n) is 3.76. The smallest absolute Gasteiger partial charge is 0.153 e. The van der Waals surface area contributed by atoms with Crippen molar-refractivity contribution >= 4 is 29.5 Å². The summed E-state index contributed by atoms with van der Waals surface area (Å²) < 4.78 is 5.19. The molecule has 70 valence electrons. The van der Waals surface area contributed by atoms with Crippen LogP contribution in [0.2, 0.25) is 10.0 Å². The highest BCUT2D eigenvalue weighted by molar-refractivity contribution is 6.43. The van der Waals surface area contributed by atoms with Gasteiger partial charge in [-0.25, -0.2) is 0 Å². The molecule has 0 aliphatic heterocycles. The van der Waals surface area contributed by atoms with Crippen LogP contribution in [0.1, 0.15) is 17.3 Å². The van der Waals surface area contributed by atoms with Crippen LogP contribution < -0.4 is 4.74 Å². The quantitative estimate of drug-likeness (QED) is 0.729. The standard InChI is InChI=1S/C9H8Cl2O2/c1-2-13-9-6(5-12)3-4-7(10)8(9)11/h3-5H,2H2,1H3. The predicted octanol–water partition coefficient (Wildman–Crippen LogP) is 3.20. The number of hydrogen-bond donors (Lipinski definition) is 0. The first-order valence-corrected chi connectivity index (χ1v) is 4.52. The van der Waals surface area contributed by atoms with Crippen molar-refractivity contribution in [3.63, 3.8) is 0 Å². The van der Waals surface area contributed by atoms with E-state index < -0.39 is 0 Å². The molecular formula is C9H8Cl2O2. The third-order valence-corrected chi connectivity index (χ3v) is 2.28. The van der Waals surface area contributed by atoms with Gasteiger partial charge in [-0.2, -0.15) is 0 Å². The van der Waals surface area contributed by atoms with Gasteiger partial charge >= 0.3 is 0 Å². The lowest BCUT2D eigenvalue weighted by atomic mass is 10.2. The van der Waals surface area contributed by atoms with Crippen LogP contribution in [0.25, 0.3) is 0 Å². The van der Waals surface area contributed by atoms with Crippen LogP contribution >= 0.6 is 23.2 Å². The molecule has 2 nitrogen and oxygen atoms in total. The van der Waals surface area contributed by atoms with Crippen molar-refractivity contribution in [3.8, 4) is 5.75 Å². The second kappa shape index (κ2) is 4.49. The van der Waals surface area contributed by atoms with Crippen molar-refractivity contribution in [1.82, 2.24) is 0 Å². The Bertz CT molecular complexity index is 324. The number of aldehydes is 1. The highest BCUT2D eigenvalue weighted by Crippen LogP contribution is 2.34. The predicted molar refractivity (Wildman–Crippen MR) is 53.0 cm³/mol. The fourth-order valence-corrected chi connectivity index (χ4v) is 1.31. The van der Waals surface area contributed by atoms with Gasteiger partial charge in [-0.15, -0.1) is 0 Å². The molecule has 0 unspecified atom stereocenters. The minimum Gasteiger partial charge on any atom is -0.492 e. The van der Waals surface area contributed by atoms with E-state index in [1.807, 2.05) is 6.92 Å². The average molecular weight is 219 g/mol. The monoisotopic (exact) mass is 218 g/mol. The number of benzene rings is 1. The zero-order valence-electron chi connectivity index (χ0n) is 7.01. The Morgan fingerprint density at radius 2 is 2.15 bits per heavy atom. The Balaban J connectivity index is 3.23. The molecule has 0 saturated heterocycles. The molecule has 0 N–H and O–H groups in total. The summed E-state index contributed by atoms with van der Waals surface area (Å²) in [6, 6.07) is 3.14. The maximum absolute atomic E-state index is 10.6. The van der Waals surface area contributed by atoms with Gasteiger partial charge < -0.3 is 4.74 Å². The largest absolute Gasteiger partial charge is 0.492 e. The number of rotatable bonds is 3. The fourth-order valence-electron chi connectivity index (χ4n) is 0.931. The fraction of sp³-hybridized carbons (Fsp3) is 0.222. The maximum atomic E-state index is 10.6. The van der Waals surface area contributed by atoms with Crippen LogP contribution in [0.15, 0.2) is 12.1 Å². The van der Waals surface area contributed by atoms with E-state index in [0.29, 0.717) is 29.2 Å². The van der Waals surface area contributed by atoms with Crippen LogP contribution in [0.4, 0.5) is 0 Å². The van der Waals surface area contributed by atoms with Crippen molar-refractivity contribution in [3.05, 3.63) is 27.7 Å². The topological polar surface area (TPSA) is 26.3 Å². The van der Waals surface area contributed by atoms with Gasteiger partial charge in [-0.3, -0.25) is 4.79 Å². The first-order chi connectivity index (χ1) is 6.20. The summed E-state index contributed by atoms with van der Waals surface area (Å²) in [7, 11) is 0. The zero-order chi connectivity index (χ0) is 9.84. The van der Waals surface area contributed by atoms with Crippen molar-refractivity contribution in [2.45, 2.75) is 6.92 Å². The molecule has 0 radical (unpaired) electrons. The summed E-state index contributed by atoms with van der Waals surface area (Å²) in [5.74, 6) is 0.353. The first kappa shape index (κ1) is 10.4. The minimum atomic E-state index is 0.285. The Hall–Kier alpha value is -0.730. The molecule has 0 aromatic heterocycles. The van der Waals surface area contributed by atoms with E-state index in [1.54, 1.807) is 12.1 Å². The number of carbonyl (C=O) groups excluding carboxylic acids is 1. The molecular weight excluding hydrogens is 211 g/mol. The van der Waals surface area contributed by atoms with E-state index in [9.17, 15) is 4.79 Å². The lowest BCUT2D eigenvalue weighted by Crippen LogP contribution is -1.96. The van der Waals surface area contributed by atoms with Gasteiger partial charge in [0, 0.05) is 0 Å². The average Bonchev–Trinajstić information content (AvgIpc) is 2.14. The van der Waals surface area contributed by atoms with E-state index in [2.05, 4.69) is 0 Å². The second-order valence-corrected chi connectivity index (χ2v) is 3.12. The van der Waals surface area contributed by atoms with Gasteiger partial charge in [0.25, 0.3) is 0 Å². The van der Waals surface area contributed by atoms with Crippen LogP contribution in [-0.2, 0) is 0 Å². The lowest BCUT2D eigenvalue weighted by Gasteiger charge is -2.08. The lowest BCUT2D eigenvalue weighted by molar-refractivity contribution is 0.112. The van der Waals surface area contributed by atoms with Crippen molar-refractivity contribution in [2.24, 2.45) is 0 Å². The highest BCUT2D eigenvalue weighted by Gasteiger charge is 2.10. The molecule has 0 fully saturated rings. The van der Waals surface area contributed by atoms with Crippen molar-refractivity contribution in [2.75, 3.05) is 6.61 Å². The Labute approximate surface area is 86.4 Å². The van der Waals surface area contributed by atoms with Crippen LogP contribution in [0, 0.1) is 0 Å². The van der Waals surface area contributed by atoms with Gasteiger partial charge in [0.05, 0.1) is 17.2 Å².